The quantitative estimate of drug-likeness (QED) is 0.529. The molecular weight excluding hydrogens is 372 g/mol. The molecular formula is C22H24N2O5. The van der Waals surface area contributed by atoms with E-state index < -0.39 is 37.1 Å². The SMILES string of the molecule is Cn1ccc(-c2ccc(-c3cccc([C@H]4O[C@H](CO)[C@@H](O)[C@H](O)[C@@H]4O)c3)cc2)n1. The van der Waals surface area contributed by atoms with Gasteiger partial charge in [0.05, 0.1) is 12.3 Å². The van der Waals surface area contributed by atoms with E-state index in [2.05, 4.69) is 5.10 Å². The zero-order valence-corrected chi connectivity index (χ0v) is 16.0. The molecule has 5 atom stereocenters. The summed E-state index contributed by atoms with van der Waals surface area (Å²) in [5, 5.41) is 44.2. The van der Waals surface area contributed by atoms with E-state index in [1.54, 1.807) is 10.7 Å². The zero-order valence-electron chi connectivity index (χ0n) is 16.0. The van der Waals surface area contributed by atoms with Crippen molar-refractivity contribution in [3.8, 4) is 22.4 Å². The van der Waals surface area contributed by atoms with Crippen LogP contribution in [0.4, 0.5) is 0 Å². The van der Waals surface area contributed by atoms with Crippen molar-refractivity contribution in [2.45, 2.75) is 30.5 Å². The lowest BCUT2D eigenvalue weighted by Crippen LogP contribution is -2.55. The van der Waals surface area contributed by atoms with E-state index in [1.165, 1.54) is 0 Å². The van der Waals surface area contributed by atoms with Gasteiger partial charge < -0.3 is 25.2 Å². The molecule has 1 aliphatic heterocycles. The second-order valence-corrected chi connectivity index (χ2v) is 7.33. The summed E-state index contributed by atoms with van der Waals surface area (Å²) in [5.74, 6) is 0. The van der Waals surface area contributed by atoms with Crippen LogP contribution in [0.2, 0.25) is 0 Å². The van der Waals surface area contributed by atoms with Gasteiger partial charge in [-0.3, -0.25) is 4.68 Å². The number of nitrogens with zero attached hydrogens (tertiary/aromatic N) is 2. The third-order valence-electron chi connectivity index (χ3n) is 5.34. The summed E-state index contributed by atoms with van der Waals surface area (Å²) in [6, 6.07) is 17.4. The van der Waals surface area contributed by atoms with Crippen molar-refractivity contribution in [2.75, 3.05) is 6.61 Å². The van der Waals surface area contributed by atoms with Crippen LogP contribution in [0.15, 0.2) is 60.8 Å². The molecule has 4 N–H and O–H groups in total. The Morgan fingerprint density at radius 1 is 0.897 bits per heavy atom. The molecule has 2 heterocycles. The Morgan fingerprint density at radius 2 is 1.62 bits per heavy atom. The molecule has 1 saturated heterocycles. The van der Waals surface area contributed by atoms with Crippen LogP contribution in [0.1, 0.15) is 11.7 Å². The first-order valence-corrected chi connectivity index (χ1v) is 9.49. The van der Waals surface area contributed by atoms with Crippen molar-refractivity contribution in [3.05, 3.63) is 66.4 Å². The van der Waals surface area contributed by atoms with E-state index in [1.807, 2.05) is 61.8 Å². The summed E-state index contributed by atoms with van der Waals surface area (Å²) in [6.45, 7) is -0.448. The Hall–Kier alpha value is -2.55. The number of ether oxygens (including phenoxy) is 1. The molecule has 2 aromatic carbocycles. The molecule has 0 amide bonds. The molecule has 4 rings (SSSR count). The van der Waals surface area contributed by atoms with Crippen molar-refractivity contribution in [2.24, 2.45) is 7.05 Å². The van der Waals surface area contributed by atoms with Crippen molar-refractivity contribution in [1.82, 2.24) is 9.78 Å². The Labute approximate surface area is 168 Å². The smallest absolute Gasteiger partial charge is 0.113 e. The van der Waals surface area contributed by atoms with Gasteiger partial charge in [-0.25, -0.2) is 0 Å². The van der Waals surface area contributed by atoms with Crippen LogP contribution in [0.25, 0.3) is 22.4 Å². The Bertz CT molecular complexity index is 969. The van der Waals surface area contributed by atoms with Crippen LogP contribution >= 0.6 is 0 Å². The fourth-order valence-electron chi connectivity index (χ4n) is 3.67. The molecule has 1 aliphatic rings. The van der Waals surface area contributed by atoms with Gasteiger partial charge in [0.2, 0.25) is 0 Å². The summed E-state index contributed by atoms with van der Waals surface area (Å²) < 4.78 is 7.42. The van der Waals surface area contributed by atoms with Gasteiger partial charge in [0, 0.05) is 18.8 Å². The van der Waals surface area contributed by atoms with Gasteiger partial charge in [-0.05, 0) is 28.8 Å². The number of rotatable bonds is 4. The van der Waals surface area contributed by atoms with E-state index in [0.29, 0.717) is 5.56 Å². The van der Waals surface area contributed by atoms with Gasteiger partial charge in [-0.1, -0.05) is 42.5 Å². The summed E-state index contributed by atoms with van der Waals surface area (Å²) in [5.41, 5.74) is 4.48. The average molecular weight is 396 g/mol. The second-order valence-electron chi connectivity index (χ2n) is 7.33. The highest BCUT2D eigenvalue weighted by atomic mass is 16.5. The summed E-state index contributed by atoms with van der Waals surface area (Å²) in [7, 11) is 1.88. The highest BCUT2D eigenvalue weighted by Crippen LogP contribution is 2.34. The molecule has 152 valence electrons. The van der Waals surface area contributed by atoms with Crippen LogP contribution in [-0.4, -0.2) is 61.2 Å². The number of benzene rings is 2. The van der Waals surface area contributed by atoms with Crippen LogP contribution in [0.3, 0.4) is 0 Å². The number of aliphatic hydroxyl groups is 4. The minimum absolute atomic E-state index is 0.448. The molecule has 1 fully saturated rings. The molecule has 0 bridgehead atoms. The Morgan fingerprint density at radius 3 is 2.28 bits per heavy atom. The van der Waals surface area contributed by atoms with E-state index in [-0.39, 0.29) is 0 Å². The summed E-state index contributed by atoms with van der Waals surface area (Å²) in [6.07, 6.45) is -3.94. The molecule has 29 heavy (non-hydrogen) atoms. The molecule has 7 heteroatoms. The van der Waals surface area contributed by atoms with E-state index in [0.717, 1.165) is 22.4 Å². The predicted octanol–water partition coefficient (Wildman–Crippen LogP) is 1.27. The van der Waals surface area contributed by atoms with Gasteiger partial charge in [0.25, 0.3) is 0 Å². The first-order valence-electron chi connectivity index (χ1n) is 9.49. The van der Waals surface area contributed by atoms with Crippen LogP contribution in [0.5, 0.6) is 0 Å². The standard InChI is InChI=1S/C22H24N2O5/c1-24-10-9-17(23-24)14-7-5-13(6-8-14)15-3-2-4-16(11-15)22-21(28)20(27)19(26)18(12-25)29-22/h2-11,18-22,25-28H,12H2,1H3/t18-,19-,20+,21+,22-/m1/s1. The van der Waals surface area contributed by atoms with Crippen molar-refractivity contribution < 1.29 is 25.2 Å². The molecule has 0 spiro atoms. The number of aliphatic hydroxyl groups excluding tert-OH is 4. The zero-order chi connectivity index (χ0) is 20.5. The fourth-order valence-corrected chi connectivity index (χ4v) is 3.67. The van der Waals surface area contributed by atoms with Crippen molar-refractivity contribution in [1.29, 1.82) is 0 Å². The maximum atomic E-state index is 10.4. The lowest BCUT2D eigenvalue weighted by atomic mass is 9.90. The largest absolute Gasteiger partial charge is 0.394 e. The van der Waals surface area contributed by atoms with Gasteiger partial charge >= 0.3 is 0 Å². The van der Waals surface area contributed by atoms with E-state index in [4.69, 9.17) is 4.74 Å². The lowest BCUT2D eigenvalue weighted by Gasteiger charge is -2.40. The van der Waals surface area contributed by atoms with E-state index >= 15 is 0 Å². The van der Waals surface area contributed by atoms with Gasteiger partial charge in [0.15, 0.2) is 0 Å². The fraction of sp³-hybridized carbons (Fsp3) is 0.318. The average Bonchev–Trinajstić information content (AvgIpc) is 3.19. The Balaban J connectivity index is 1.60. The Kier molecular flexibility index (Phi) is 5.49. The van der Waals surface area contributed by atoms with Crippen molar-refractivity contribution in [3.63, 3.8) is 0 Å². The molecule has 3 aromatic rings. The second kappa shape index (κ2) is 8.06. The van der Waals surface area contributed by atoms with Crippen LogP contribution in [0, 0.1) is 0 Å². The number of hydrogen-bond acceptors (Lipinski definition) is 6. The third-order valence-corrected chi connectivity index (χ3v) is 5.34. The predicted molar refractivity (Wildman–Crippen MR) is 107 cm³/mol. The number of hydrogen-bond donors (Lipinski definition) is 4. The maximum absolute atomic E-state index is 10.4. The summed E-state index contributed by atoms with van der Waals surface area (Å²) in [4.78, 5) is 0. The molecule has 1 aromatic heterocycles. The minimum atomic E-state index is -1.40. The van der Waals surface area contributed by atoms with Gasteiger partial charge in [-0.2, -0.15) is 5.10 Å². The first-order chi connectivity index (χ1) is 14.0. The topological polar surface area (TPSA) is 108 Å². The monoisotopic (exact) mass is 396 g/mol. The summed E-state index contributed by atoms with van der Waals surface area (Å²) >= 11 is 0. The first kappa shape index (κ1) is 19.8. The van der Waals surface area contributed by atoms with Gasteiger partial charge in [0.1, 0.15) is 30.5 Å². The number of aromatic nitrogens is 2. The lowest BCUT2D eigenvalue weighted by molar-refractivity contribution is -0.231. The molecule has 0 saturated carbocycles. The molecule has 0 unspecified atom stereocenters. The third kappa shape index (κ3) is 3.83. The van der Waals surface area contributed by atoms with E-state index in [9.17, 15) is 20.4 Å². The van der Waals surface area contributed by atoms with Crippen LogP contribution in [-0.2, 0) is 11.8 Å². The maximum Gasteiger partial charge on any atom is 0.113 e. The van der Waals surface area contributed by atoms with Crippen LogP contribution < -0.4 is 0 Å². The highest BCUT2D eigenvalue weighted by molar-refractivity contribution is 5.69. The van der Waals surface area contributed by atoms with Crippen molar-refractivity contribution >= 4 is 0 Å². The molecule has 7 nitrogen and oxygen atoms in total. The molecule has 0 radical (unpaired) electrons. The van der Waals surface area contributed by atoms with Gasteiger partial charge in [-0.15, -0.1) is 0 Å². The number of aryl methyl sites for hydroxylation is 1. The molecule has 0 aliphatic carbocycles. The highest BCUT2D eigenvalue weighted by Gasteiger charge is 2.43. The minimum Gasteiger partial charge on any atom is -0.394 e. The normalized spacial score (nSPS) is 27.1.